The van der Waals surface area contributed by atoms with E-state index in [9.17, 15) is 9.90 Å². The second-order valence-electron chi connectivity index (χ2n) is 2.58. The van der Waals surface area contributed by atoms with Crippen molar-refractivity contribution in [3.05, 3.63) is 33.3 Å². The Morgan fingerprint density at radius 3 is 2.85 bits per heavy atom. The van der Waals surface area contributed by atoms with Gasteiger partial charge in [0.15, 0.2) is 0 Å². The molecule has 1 N–H and O–H groups in total. The summed E-state index contributed by atoms with van der Waals surface area (Å²) in [4.78, 5) is 10.2. The topological polar surface area (TPSA) is 37.3 Å². The van der Waals surface area contributed by atoms with Crippen molar-refractivity contribution in [1.29, 1.82) is 0 Å². The van der Waals surface area contributed by atoms with Gasteiger partial charge in [0.2, 0.25) is 0 Å². The van der Waals surface area contributed by atoms with Crippen molar-refractivity contribution in [3.63, 3.8) is 0 Å². The van der Waals surface area contributed by atoms with Gasteiger partial charge in [-0.15, -0.1) is 0 Å². The number of aliphatic hydroxyl groups excluding tert-OH is 1. The molecule has 1 aromatic rings. The Kier molecular flexibility index (Phi) is 3.90. The fourth-order valence-electron chi connectivity index (χ4n) is 0.990. The maximum absolute atomic E-state index is 10.2. The van der Waals surface area contributed by atoms with Crippen LogP contribution >= 0.6 is 27.5 Å². The normalized spacial score (nSPS) is 12.5. The zero-order valence-corrected chi connectivity index (χ0v) is 9.05. The standard InChI is InChI=1S/C9H8BrClO2/c10-8-5-6(11)1-2-7(8)9(13)3-4-12/h1-2,4-5,9,13H,3H2. The van der Waals surface area contributed by atoms with Crippen LogP contribution in [0.2, 0.25) is 5.02 Å². The number of halogens is 2. The predicted octanol–water partition coefficient (Wildman–Crippen LogP) is 2.72. The highest BCUT2D eigenvalue weighted by atomic mass is 79.9. The first-order valence-corrected chi connectivity index (χ1v) is 4.89. The number of rotatable bonds is 3. The Morgan fingerprint density at radius 2 is 2.31 bits per heavy atom. The van der Waals surface area contributed by atoms with E-state index in [-0.39, 0.29) is 6.42 Å². The van der Waals surface area contributed by atoms with Gasteiger partial charge < -0.3 is 9.90 Å². The van der Waals surface area contributed by atoms with Gasteiger partial charge in [-0.2, -0.15) is 0 Å². The summed E-state index contributed by atoms with van der Waals surface area (Å²) >= 11 is 8.97. The van der Waals surface area contributed by atoms with Crippen molar-refractivity contribution in [3.8, 4) is 0 Å². The van der Waals surface area contributed by atoms with E-state index < -0.39 is 6.10 Å². The highest BCUT2D eigenvalue weighted by molar-refractivity contribution is 9.10. The zero-order valence-electron chi connectivity index (χ0n) is 6.71. The Labute approximate surface area is 89.7 Å². The molecule has 0 saturated carbocycles. The van der Waals surface area contributed by atoms with Crippen molar-refractivity contribution < 1.29 is 9.90 Å². The molecule has 1 aromatic carbocycles. The number of hydrogen-bond acceptors (Lipinski definition) is 2. The van der Waals surface area contributed by atoms with Crippen molar-refractivity contribution >= 4 is 33.8 Å². The molecule has 0 aliphatic rings. The van der Waals surface area contributed by atoms with Gasteiger partial charge in [-0.3, -0.25) is 0 Å². The van der Waals surface area contributed by atoms with Crippen LogP contribution < -0.4 is 0 Å². The molecule has 2 nitrogen and oxygen atoms in total. The Morgan fingerprint density at radius 1 is 1.62 bits per heavy atom. The molecule has 0 aromatic heterocycles. The summed E-state index contributed by atoms with van der Waals surface area (Å²) < 4.78 is 0.717. The lowest BCUT2D eigenvalue weighted by Gasteiger charge is -2.09. The van der Waals surface area contributed by atoms with Gasteiger partial charge in [0.05, 0.1) is 6.10 Å². The van der Waals surface area contributed by atoms with Gasteiger partial charge >= 0.3 is 0 Å². The molecule has 0 fully saturated rings. The summed E-state index contributed by atoms with van der Waals surface area (Å²) in [5.74, 6) is 0. The van der Waals surface area contributed by atoms with Crippen molar-refractivity contribution in [2.24, 2.45) is 0 Å². The third kappa shape index (κ3) is 2.79. The molecular weight excluding hydrogens is 255 g/mol. The summed E-state index contributed by atoms with van der Waals surface area (Å²) in [6.45, 7) is 0. The lowest BCUT2D eigenvalue weighted by molar-refractivity contribution is -0.109. The van der Waals surface area contributed by atoms with E-state index in [0.29, 0.717) is 21.3 Å². The van der Waals surface area contributed by atoms with Crippen LogP contribution in [0.4, 0.5) is 0 Å². The largest absolute Gasteiger partial charge is 0.388 e. The van der Waals surface area contributed by atoms with Gasteiger partial charge in [-0.1, -0.05) is 33.6 Å². The number of aldehydes is 1. The average Bonchev–Trinajstić information content (AvgIpc) is 2.04. The summed E-state index contributed by atoms with van der Waals surface area (Å²) in [5, 5.41) is 10.1. The molecule has 0 heterocycles. The third-order valence-corrected chi connectivity index (χ3v) is 2.56. The molecule has 13 heavy (non-hydrogen) atoms. The SMILES string of the molecule is O=CCC(O)c1ccc(Cl)cc1Br. The molecule has 0 saturated heterocycles. The number of carbonyl (C=O) groups excluding carboxylic acids is 1. The van der Waals surface area contributed by atoms with Gasteiger partial charge in [0.1, 0.15) is 6.29 Å². The Hall–Kier alpha value is -0.380. The first-order valence-electron chi connectivity index (χ1n) is 3.72. The molecule has 0 aliphatic carbocycles. The molecule has 0 radical (unpaired) electrons. The highest BCUT2D eigenvalue weighted by Gasteiger charge is 2.10. The van der Waals surface area contributed by atoms with Crippen molar-refractivity contribution in [2.45, 2.75) is 12.5 Å². The summed E-state index contributed by atoms with van der Waals surface area (Å²) in [6, 6.07) is 5.06. The Balaban J connectivity index is 2.94. The minimum absolute atomic E-state index is 0.0975. The van der Waals surface area contributed by atoms with Crippen LogP contribution in [0.15, 0.2) is 22.7 Å². The van der Waals surface area contributed by atoms with E-state index in [0.717, 1.165) is 0 Å². The lowest BCUT2D eigenvalue weighted by Crippen LogP contribution is -1.98. The maximum atomic E-state index is 10.2. The van der Waals surface area contributed by atoms with Crippen LogP contribution in [0, 0.1) is 0 Å². The number of carbonyl (C=O) groups is 1. The van der Waals surface area contributed by atoms with Crippen LogP contribution in [0.3, 0.4) is 0 Å². The second-order valence-corrected chi connectivity index (χ2v) is 3.87. The van der Waals surface area contributed by atoms with Crippen LogP contribution in [0.25, 0.3) is 0 Å². The van der Waals surface area contributed by atoms with Crippen LogP contribution in [-0.4, -0.2) is 11.4 Å². The van der Waals surface area contributed by atoms with Crippen molar-refractivity contribution in [2.75, 3.05) is 0 Å². The third-order valence-electron chi connectivity index (χ3n) is 1.64. The summed E-state index contributed by atoms with van der Waals surface area (Å²) in [6.07, 6.45) is 0.0236. The van der Waals surface area contributed by atoms with Crippen LogP contribution in [-0.2, 0) is 4.79 Å². The molecule has 0 aliphatic heterocycles. The molecule has 1 unspecified atom stereocenters. The summed E-state index contributed by atoms with van der Waals surface area (Å²) in [7, 11) is 0. The molecule has 70 valence electrons. The number of hydrogen-bond donors (Lipinski definition) is 1. The van der Waals surface area contributed by atoms with Gasteiger partial charge in [0.25, 0.3) is 0 Å². The first kappa shape index (κ1) is 10.7. The fourth-order valence-corrected chi connectivity index (χ4v) is 1.94. The van der Waals surface area contributed by atoms with E-state index >= 15 is 0 Å². The first-order chi connectivity index (χ1) is 6.15. The van der Waals surface area contributed by atoms with E-state index in [1.54, 1.807) is 18.2 Å². The maximum Gasteiger partial charge on any atom is 0.122 e. The fraction of sp³-hybridized carbons (Fsp3) is 0.222. The molecular formula is C9H8BrClO2. The molecule has 0 spiro atoms. The number of benzene rings is 1. The number of aliphatic hydroxyl groups is 1. The van der Waals surface area contributed by atoms with Gasteiger partial charge in [-0.05, 0) is 17.7 Å². The molecule has 0 bridgehead atoms. The molecule has 1 rings (SSSR count). The predicted molar refractivity (Wildman–Crippen MR) is 54.8 cm³/mol. The molecule has 1 atom stereocenters. The zero-order chi connectivity index (χ0) is 9.84. The lowest BCUT2D eigenvalue weighted by atomic mass is 10.1. The minimum atomic E-state index is -0.760. The van der Waals surface area contributed by atoms with Crippen LogP contribution in [0.5, 0.6) is 0 Å². The quantitative estimate of drug-likeness (QED) is 0.852. The van der Waals surface area contributed by atoms with E-state index in [1.807, 2.05) is 0 Å². The van der Waals surface area contributed by atoms with E-state index in [2.05, 4.69) is 15.9 Å². The van der Waals surface area contributed by atoms with Gasteiger partial charge in [0, 0.05) is 15.9 Å². The molecule has 0 amide bonds. The van der Waals surface area contributed by atoms with Gasteiger partial charge in [-0.25, -0.2) is 0 Å². The van der Waals surface area contributed by atoms with E-state index in [1.165, 1.54) is 0 Å². The van der Waals surface area contributed by atoms with Crippen LogP contribution in [0.1, 0.15) is 18.1 Å². The molecule has 4 heteroatoms. The highest BCUT2D eigenvalue weighted by Crippen LogP contribution is 2.27. The Bertz CT molecular complexity index is 314. The average molecular weight is 264 g/mol. The minimum Gasteiger partial charge on any atom is -0.388 e. The van der Waals surface area contributed by atoms with Crippen molar-refractivity contribution in [1.82, 2.24) is 0 Å². The monoisotopic (exact) mass is 262 g/mol. The summed E-state index contributed by atoms with van der Waals surface area (Å²) in [5.41, 5.74) is 0.677. The second kappa shape index (κ2) is 4.74. The smallest absolute Gasteiger partial charge is 0.122 e. The van der Waals surface area contributed by atoms with E-state index in [4.69, 9.17) is 11.6 Å².